The number of carboxylic acids is 1. The van der Waals surface area contributed by atoms with E-state index in [1.165, 1.54) is 19.1 Å². The first-order chi connectivity index (χ1) is 7.06. The quantitative estimate of drug-likeness (QED) is 0.608. The molecule has 1 rings (SSSR count). The van der Waals surface area contributed by atoms with Crippen LogP contribution in [-0.4, -0.2) is 17.2 Å². The summed E-state index contributed by atoms with van der Waals surface area (Å²) >= 11 is 0. The summed E-state index contributed by atoms with van der Waals surface area (Å²) in [5.74, 6) is -1.71. The Hall–Kier alpha value is -2.00. The maximum absolute atomic E-state index is 13.2. The summed E-state index contributed by atoms with van der Waals surface area (Å²) in [6.07, 6.45) is 1.27. The number of aromatic carboxylic acids is 1. The van der Waals surface area contributed by atoms with Gasteiger partial charge in [-0.15, -0.1) is 0 Å². The molecule has 1 aromatic carbocycles. The van der Waals surface area contributed by atoms with Crippen molar-refractivity contribution in [2.24, 2.45) is 4.99 Å². The van der Waals surface area contributed by atoms with Crippen molar-refractivity contribution in [2.75, 3.05) is 0 Å². The van der Waals surface area contributed by atoms with E-state index in [1.54, 1.807) is 0 Å². The van der Waals surface area contributed by atoms with E-state index in [9.17, 15) is 14.0 Å². The van der Waals surface area contributed by atoms with Crippen molar-refractivity contribution in [2.45, 2.75) is 13.5 Å². The van der Waals surface area contributed by atoms with Crippen molar-refractivity contribution in [3.8, 4) is 0 Å². The lowest BCUT2D eigenvalue weighted by atomic mass is 10.0. The van der Waals surface area contributed by atoms with Crippen molar-refractivity contribution in [3.63, 3.8) is 0 Å². The number of hydrogen-bond donors (Lipinski definition) is 1. The highest BCUT2D eigenvalue weighted by Crippen LogP contribution is 2.16. The normalized spacial score (nSPS) is 9.47. The SMILES string of the molecule is Cc1cc(F)c(CN=C=O)cc1C(=O)O. The number of rotatable bonds is 3. The number of halogens is 1. The average Bonchev–Trinajstić information content (AvgIpc) is 2.16. The fourth-order valence-electron chi connectivity index (χ4n) is 1.19. The van der Waals surface area contributed by atoms with E-state index in [1.807, 2.05) is 0 Å². The third kappa shape index (κ3) is 2.48. The molecule has 0 spiro atoms. The Labute approximate surface area is 85.1 Å². The summed E-state index contributed by atoms with van der Waals surface area (Å²) in [5, 5.41) is 8.78. The summed E-state index contributed by atoms with van der Waals surface area (Å²) in [5.41, 5.74) is 0.410. The molecule has 0 aliphatic heterocycles. The maximum atomic E-state index is 13.2. The maximum Gasteiger partial charge on any atom is 0.335 e. The van der Waals surface area contributed by atoms with Crippen molar-refractivity contribution in [1.82, 2.24) is 0 Å². The fourth-order valence-corrected chi connectivity index (χ4v) is 1.19. The van der Waals surface area contributed by atoms with Crippen LogP contribution in [0.15, 0.2) is 17.1 Å². The molecule has 0 saturated carbocycles. The molecule has 0 aliphatic carbocycles. The number of hydrogen-bond acceptors (Lipinski definition) is 3. The molecule has 4 nitrogen and oxygen atoms in total. The minimum atomic E-state index is -1.14. The van der Waals surface area contributed by atoms with Gasteiger partial charge in [0, 0.05) is 5.56 Å². The van der Waals surface area contributed by atoms with Crippen molar-refractivity contribution in [1.29, 1.82) is 0 Å². The molecule has 0 aromatic heterocycles. The van der Waals surface area contributed by atoms with Crippen LogP contribution >= 0.6 is 0 Å². The van der Waals surface area contributed by atoms with Crippen LogP contribution in [0.25, 0.3) is 0 Å². The van der Waals surface area contributed by atoms with Crippen LogP contribution in [0.1, 0.15) is 21.5 Å². The summed E-state index contributed by atoms with van der Waals surface area (Å²) in [6.45, 7) is 1.30. The van der Waals surface area contributed by atoms with E-state index in [0.29, 0.717) is 5.56 Å². The highest BCUT2D eigenvalue weighted by Gasteiger charge is 2.11. The Morgan fingerprint density at radius 2 is 2.27 bits per heavy atom. The van der Waals surface area contributed by atoms with Crippen LogP contribution in [0.2, 0.25) is 0 Å². The summed E-state index contributed by atoms with van der Waals surface area (Å²) in [7, 11) is 0. The van der Waals surface area contributed by atoms with E-state index in [0.717, 1.165) is 6.07 Å². The lowest BCUT2D eigenvalue weighted by Gasteiger charge is -2.04. The molecule has 0 fully saturated rings. The Bertz CT molecular complexity index is 450. The number of benzene rings is 1. The van der Waals surface area contributed by atoms with Gasteiger partial charge in [0.25, 0.3) is 0 Å². The van der Waals surface area contributed by atoms with Crippen LogP contribution in [0.3, 0.4) is 0 Å². The number of nitrogens with zero attached hydrogens (tertiary/aromatic N) is 1. The zero-order chi connectivity index (χ0) is 11.4. The van der Waals surface area contributed by atoms with Crippen LogP contribution < -0.4 is 0 Å². The molecule has 0 amide bonds. The Morgan fingerprint density at radius 1 is 1.60 bits per heavy atom. The van der Waals surface area contributed by atoms with Crippen LogP contribution in [-0.2, 0) is 11.3 Å². The van der Waals surface area contributed by atoms with Gasteiger partial charge in [-0.2, -0.15) is 0 Å². The van der Waals surface area contributed by atoms with Crippen LogP contribution in [0.4, 0.5) is 4.39 Å². The first kappa shape index (κ1) is 11.1. The van der Waals surface area contributed by atoms with E-state index < -0.39 is 11.8 Å². The summed E-state index contributed by atoms with van der Waals surface area (Å²) < 4.78 is 13.2. The van der Waals surface area contributed by atoms with E-state index in [-0.39, 0.29) is 17.7 Å². The Morgan fingerprint density at radius 3 is 2.80 bits per heavy atom. The van der Waals surface area contributed by atoms with Crippen LogP contribution in [0.5, 0.6) is 0 Å². The standard InChI is InChI=1S/C10H8FNO3/c1-6-2-9(11)7(4-12-5-13)3-8(6)10(14)15/h2-3H,4H2,1H3,(H,14,15). The van der Waals surface area contributed by atoms with Gasteiger partial charge in [0.15, 0.2) is 0 Å². The topological polar surface area (TPSA) is 66.7 Å². The molecule has 78 valence electrons. The van der Waals surface area contributed by atoms with Gasteiger partial charge in [0.2, 0.25) is 6.08 Å². The smallest absolute Gasteiger partial charge is 0.335 e. The molecule has 0 unspecified atom stereocenters. The molecular formula is C10H8FNO3. The fraction of sp³-hybridized carbons (Fsp3) is 0.200. The second kappa shape index (κ2) is 4.48. The molecule has 1 N–H and O–H groups in total. The number of aryl methyl sites for hydroxylation is 1. The van der Waals surface area contributed by atoms with Gasteiger partial charge in [-0.05, 0) is 24.6 Å². The first-order valence-electron chi connectivity index (χ1n) is 4.12. The zero-order valence-corrected chi connectivity index (χ0v) is 7.95. The molecule has 0 saturated heterocycles. The van der Waals surface area contributed by atoms with Crippen molar-refractivity contribution in [3.05, 3.63) is 34.6 Å². The molecule has 0 bridgehead atoms. The predicted octanol–water partition coefficient (Wildman–Crippen LogP) is 1.67. The van der Waals surface area contributed by atoms with Crippen molar-refractivity contribution < 1.29 is 19.1 Å². The lowest BCUT2D eigenvalue weighted by Crippen LogP contribution is -2.03. The molecule has 1 aromatic rings. The highest BCUT2D eigenvalue weighted by atomic mass is 19.1. The predicted molar refractivity (Wildman–Crippen MR) is 49.9 cm³/mol. The second-order valence-corrected chi connectivity index (χ2v) is 2.97. The number of isocyanates is 1. The molecule has 0 aliphatic rings. The van der Waals surface area contributed by atoms with Gasteiger partial charge >= 0.3 is 5.97 Å². The second-order valence-electron chi connectivity index (χ2n) is 2.97. The zero-order valence-electron chi connectivity index (χ0n) is 7.95. The van der Waals surface area contributed by atoms with Gasteiger partial charge in [-0.3, -0.25) is 0 Å². The van der Waals surface area contributed by atoms with Gasteiger partial charge in [-0.25, -0.2) is 19.0 Å². The molecule has 0 radical (unpaired) electrons. The molecule has 5 heteroatoms. The largest absolute Gasteiger partial charge is 0.478 e. The molecule has 0 heterocycles. The number of carbonyl (C=O) groups is 1. The van der Waals surface area contributed by atoms with Gasteiger partial charge in [0.1, 0.15) is 5.82 Å². The highest BCUT2D eigenvalue weighted by molar-refractivity contribution is 5.89. The minimum absolute atomic E-state index is 0.00694. The summed E-state index contributed by atoms with van der Waals surface area (Å²) in [6, 6.07) is 2.28. The lowest BCUT2D eigenvalue weighted by molar-refractivity contribution is 0.0696. The van der Waals surface area contributed by atoms with E-state index in [4.69, 9.17) is 5.11 Å². The molecule has 0 atom stereocenters. The van der Waals surface area contributed by atoms with Gasteiger partial charge < -0.3 is 5.11 Å². The third-order valence-electron chi connectivity index (χ3n) is 1.94. The average molecular weight is 209 g/mol. The number of carboxylic acid groups (broad SMARTS) is 1. The van der Waals surface area contributed by atoms with Gasteiger partial charge in [-0.1, -0.05) is 0 Å². The van der Waals surface area contributed by atoms with E-state index >= 15 is 0 Å². The minimum Gasteiger partial charge on any atom is -0.478 e. The Balaban J connectivity index is 3.22. The third-order valence-corrected chi connectivity index (χ3v) is 1.94. The van der Waals surface area contributed by atoms with Gasteiger partial charge in [0.05, 0.1) is 12.1 Å². The monoisotopic (exact) mass is 209 g/mol. The summed E-state index contributed by atoms with van der Waals surface area (Å²) in [4.78, 5) is 23.8. The first-order valence-corrected chi connectivity index (χ1v) is 4.12. The van der Waals surface area contributed by atoms with E-state index in [2.05, 4.69) is 4.99 Å². The number of aliphatic imine (C=N–C) groups is 1. The van der Waals surface area contributed by atoms with Crippen LogP contribution in [0, 0.1) is 12.7 Å². The molecule has 15 heavy (non-hydrogen) atoms. The van der Waals surface area contributed by atoms with Crippen molar-refractivity contribution >= 4 is 12.0 Å². The Kier molecular flexibility index (Phi) is 3.31. The molecular weight excluding hydrogens is 201 g/mol. The number of carbonyl (C=O) groups excluding carboxylic acids is 1.